The van der Waals surface area contributed by atoms with Crippen LogP contribution in [0, 0.1) is 5.82 Å². The third-order valence-electron chi connectivity index (χ3n) is 3.42. The summed E-state index contributed by atoms with van der Waals surface area (Å²) in [6.07, 6.45) is 3.14. The number of hydrazone groups is 1. The van der Waals surface area contributed by atoms with Crippen LogP contribution >= 0.6 is 0 Å². The Bertz CT molecular complexity index is 1010. The average molecular weight is 306 g/mol. The lowest BCUT2D eigenvalue weighted by molar-refractivity contribution is 0.628. The first kappa shape index (κ1) is 13.3. The van der Waals surface area contributed by atoms with Crippen LogP contribution in [-0.4, -0.2) is 26.0 Å². The quantitative estimate of drug-likeness (QED) is 0.467. The van der Waals surface area contributed by atoms with E-state index in [1.165, 1.54) is 18.5 Å². The molecule has 0 aliphatic rings. The maximum atomic E-state index is 12.9. The standard InChI is InChI=1S/C16H11FN6/c17-12-7-5-11(6-8-12)9-18-20-15-13-3-1-2-4-14(13)16-21-19-10-23(16)22-15/h1-10H,(H,20,22)/b18-9+. The zero-order valence-corrected chi connectivity index (χ0v) is 11.9. The monoisotopic (exact) mass is 306 g/mol. The van der Waals surface area contributed by atoms with Crippen molar-refractivity contribution < 1.29 is 4.39 Å². The van der Waals surface area contributed by atoms with Gasteiger partial charge >= 0.3 is 0 Å². The smallest absolute Gasteiger partial charge is 0.185 e. The summed E-state index contributed by atoms with van der Waals surface area (Å²) in [5.41, 5.74) is 4.40. The second-order valence-electron chi connectivity index (χ2n) is 4.91. The van der Waals surface area contributed by atoms with E-state index in [-0.39, 0.29) is 5.82 Å². The molecule has 4 rings (SSSR count). The van der Waals surface area contributed by atoms with E-state index in [9.17, 15) is 4.39 Å². The molecule has 0 atom stereocenters. The molecule has 0 aliphatic heterocycles. The molecule has 0 saturated heterocycles. The van der Waals surface area contributed by atoms with Gasteiger partial charge in [-0.2, -0.15) is 9.62 Å². The molecule has 23 heavy (non-hydrogen) atoms. The summed E-state index contributed by atoms with van der Waals surface area (Å²) in [6, 6.07) is 13.8. The van der Waals surface area contributed by atoms with Crippen LogP contribution in [0.15, 0.2) is 60.0 Å². The van der Waals surface area contributed by atoms with E-state index in [1.807, 2.05) is 24.3 Å². The molecule has 0 bridgehead atoms. The number of fused-ring (bicyclic) bond motifs is 3. The van der Waals surface area contributed by atoms with Crippen LogP contribution in [0.2, 0.25) is 0 Å². The number of anilines is 1. The van der Waals surface area contributed by atoms with Crippen LogP contribution in [0.25, 0.3) is 16.4 Å². The summed E-state index contributed by atoms with van der Waals surface area (Å²) in [7, 11) is 0. The van der Waals surface area contributed by atoms with Crippen molar-refractivity contribution in [1.82, 2.24) is 19.8 Å². The molecule has 6 nitrogen and oxygen atoms in total. The zero-order valence-electron chi connectivity index (χ0n) is 11.9. The number of hydrogen-bond acceptors (Lipinski definition) is 5. The van der Waals surface area contributed by atoms with Crippen molar-refractivity contribution in [3.63, 3.8) is 0 Å². The SMILES string of the molecule is Fc1ccc(/C=N/Nc2nn3cnnc3c3ccccc23)cc1. The third-order valence-corrected chi connectivity index (χ3v) is 3.42. The van der Waals surface area contributed by atoms with Gasteiger partial charge in [0.15, 0.2) is 11.5 Å². The first-order chi connectivity index (χ1) is 11.3. The van der Waals surface area contributed by atoms with Crippen LogP contribution in [0.3, 0.4) is 0 Å². The van der Waals surface area contributed by atoms with Gasteiger partial charge in [-0.05, 0) is 17.7 Å². The molecule has 2 aromatic carbocycles. The largest absolute Gasteiger partial charge is 0.259 e. The summed E-state index contributed by atoms with van der Waals surface area (Å²) in [5.74, 6) is 0.312. The summed E-state index contributed by atoms with van der Waals surface area (Å²) in [6.45, 7) is 0. The highest BCUT2D eigenvalue weighted by molar-refractivity contribution is 5.99. The van der Waals surface area contributed by atoms with E-state index in [0.29, 0.717) is 11.5 Å². The molecule has 0 saturated carbocycles. The fourth-order valence-electron chi connectivity index (χ4n) is 2.33. The molecule has 4 aromatic rings. The number of rotatable bonds is 3. The summed E-state index contributed by atoms with van der Waals surface area (Å²) >= 11 is 0. The predicted octanol–water partition coefficient (Wildman–Crippen LogP) is 2.86. The van der Waals surface area contributed by atoms with Gasteiger partial charge in [0, 0.05) is 10.8 Å². The lowest BCUT2D eigenvalue weighted by Crippen LogP contribution is -2.00. The fourth-order valence-corrected chi connectivity index (χ4v) is 2.33. The maximum absolute atomic E-state index is 12.9. The highest BCUT2D eigenvalue weighted by Crippen LogP contribution is 2.23. The topological polar surface area (TPSA) is 67.5 Å². The summed E-state index contributed by atoms with van der Waals surface area (Å²) in [4.78, 5) is 0. The number of halogens is 1. The third kappa shape index (κ3) is 2.48. The van der Waals surface area contributed by atoms with Crippen LogP contribution in [0.4, 0.5) is 10.2 Å². The number of aromatic nitrogens is 4. The Morgan fingerprint density at radius 1 is 1.04 bits per heavy atom. The summed E-state index contributed by atoms with van der Waals surface area (Å²) in [5, 5.41) is 18.4. The van der Waals surface area contributed by atoms with Gasteiger partial charge in [-0.1, -0.05) is 36.4 Å². The zero-order chi connectivity index (χ0) is 15.6. The minimum absolute atomic E-state index is 0.277. The lowest BCUT2D eigenvalue weighted by atomic mass is 10.2. The van der Waals surface area contributed by atoms with Gasteiger partial charge in [0.2, 0.25) is 0 Å². The van der Waals surface area contributed by atoms with E-state index >= 15 is 0 Å². The number of nitrogens with zero attached hydrogens (tertiary/aromatic N) is 5. The van der Waals surface area contributed by atoms with Gasteiger partial charge in [0.25, 0.3) is 0 Å². The molecule has 1 N–H and O–H groups in total. The first-order valence-electron chi connectivity index (χ1n) is 6.95. The maximum Gasteiger partial charge on any atom is 0.185 e. The van der Waals surface area contributed by atoms with E-state index in [1.54, 1.807) is 22.9 Å². The Kier molecular flexibility index (Phi) is 3.16. The molecule has 0 aliphatic carbocycles. The molecule has 7 heteroatoms. The van der Waals surface area contributed by atoms with Gasteiger partial charge < -0.3 is 0 Å². The Morgan fingerprint density at radius 2 is 1.83 bits per heavy atom. The Hall–Kier alpha value is -3.35. The van der Waals surface area contributed by atoms with Crippen molar-refractivity contribution in [3.8, 4) is 0 Å². The van der Waals surface area contributed by atoms with Crippen molar-refractivity contribution in [2.45, 2.75) is 0 Å². The lowest BCUT2D eigenvalue weighted by Gasteiger charge is -2.05. The van der Waals surface area contributed by atoms with Crippen LogP contribution in [0.5, 0.6) is 0 Å². The molecule has 0 unspecified atom stereocenters. The second-order valence-corrected chi connectivity index (χ2v) is 4.91. The van der Waals surface area contributed by atoms with Crippen molar-refractivity contribution in [2.75, 3.05) is 5.43 Å². The van der Waals surface area contributed by atoms with E-state index in [4.69, 9.17) is 0 Å². The molecular formula is C16H11FN6. The van der Waals surface area contributed by atoms with E-state index < -0.39 is 0 Å². The minimum atomic E-state index is -0.277. The molecule has 0 fully saturated rings. The molecule has 112 valence electrons. The molecule has 2 heterocycles. The van der Waals surface area contributed by atoms with Crippen molar-refractivity contribution >= 4 is 28.5 Å². The predicted molar refractivity (Wildman–Crippen MR) is 85.9 cm³/mol. The van der Waals surface area contributed by atoms with Crippen LogP contribution < -0.4 is 5.43 Å². The molecular weight excluding hydrogens is 295 g/mol. The van der Waals surface area contributed by atoms with E-state index in [2.05, 4.69) is 25.8 Å². The van der Waals surface area contributed by atoms with Gasteiger partial charge in [-0.3, -0.25) is 5.43 Å². The van der Waals surface area contributed by atoms with Gasteiger partial charge in [0.05, 0.1) is 6.21 Å². The van der Waals surface area contributed by atoms with Crippen molar-refractivity contribution in [3.05, 3.63) is 66.2 Å². The highest BCUT2D eigenvalue weighted by atomic mass is 19.1. The second kappa shape index (κ2) is 5.45. The Balaban J connectivity index is 1.71. The minimum Gasteiger partial charge on any atom is -0.259 e. The average Bonchev–Trinajstić information content (AvgIpc) is 3.05. The van der Waals surface area contributed by atoms with Gasteiger partial charge in [-0.25, -0.2) is 4.39 Å². The first-order valence-corrected chi connectivity index (χ1v) is 6.95. The normalized spacial score (nSPS) is 11.5. The Labute approximate surface area is 130 Å². The number of nitrogens with one attached hydrogen (secondary N) is 1. The summed E-state index contributed by atoms with van der Waals surface area (Å²) < 4.78 is 14.5. The van der Waals surface area contributed by atoms with Crippen molar-refractivity contribution in [1.29, 1.82) is 0 Å². The molecule has 2 aromatic heterocycles. The number of benzene rings is 2. The van der Waals surface area contributed by atoms with Gasteiger partial charge in [0.1, 0.15) is 12.1 Å². The van der Waals surface area contributed by atoms with Crippen LogP contribution in [0.1, 0.15) is 5.56 Å². The fraction of sp³-hybridized carbons (Fsp3) is 0. The molecule has 0 radical (unpaired) electrons. The van der Waals surface area contributed by atoms with Crippen molar-refractivity contribution in [2.24, 2.45) is 5.10 Å². The van der Waals surface area contributed by atoms with Crippen LogP contribution in [-0.2, 0) is 0 Å². The highest BCUT2D eigenvalue weighted by Gasteiger charge is 2.08. The van der Waals surface area contributed by atoms with E-state index in [0.717, 1.165) is 16.3 Å². The molecule has 0 spiro atoms. The molecule has 0 amide bonds. The number of hydrogen-bond donors (Lipinski definition) is 1. The van der Waals surface area contributed by atoms with Gasteiger partial charge in [-0.15, -0.1) is 15.3 Å². The Morgan fingerprint density at radius 3 is 2.65 bits per heavy atom.